The normalized spacial score (nSPS) is 10.7. The standard InChI is InChI=1S/C9H8ClN3O2S/c1-3-4-5(11)6(9(14)15-2)16-8(4)13-12-7(3)10/h11H2,1-2H3. The molecule has 5 nitrogen and oxygen atoms in total. The van der Waals surface area contributed by atoms with Crippen molar-refractivity contribution >= 4 is 44.8 Å². The van der Waals surface area contributed by atoms with Crippen LogP contribution in [-0.4, -0.2) is 23.3 Å². The fourth-order valence-electron chi connectivity index (χ4n) is 1.38. The largest absolute Gasteiger partial charge is 0.465 e. The summed E-state index contributed by atoms with van der Waals surface area (Å²) in [5.74, 6) is -0.476. The van der Waals surface area contributed by atoms with E-state index in [4.69, 9.17) is 17.3 Å². The first-order valence-electron chi connectivity index (χ1n) is 4.35. The molecule has 0 saturated carbocycles. The average molecular weight is 258 g/mol. The van der Waals surface area contributed by atoms with Crippen LogP contribution >= 0.6 is 22.9 Å². The molecular formula is C9H8ClN3O2S. The summed E-state index contributed by atoms with van der Waals surface area (Å²) in [4.78, 5) is 12.3. The highest BCUT2D eigenvalue weighted by Gasteiger charge is 2.20. The van der Waals surface area contributed by atoms with Gasteiger partial charge in [-0.2, -0.15) is 0 Å². The van der Waals surface area contributed by atoms with Crippen LogP contribution in [0.15, 0.2) is 0 Å². The van der Waals surface area contributed by atoms with E-state index >= 15 is 0 Å². The quantitative estimate of drug-likeness (QED) is 0.791. The van der Waals surface area contributed by atoms with Crippen LogP contribution in [0, 0.1) is 6.92 Å². The fraction of sp³-hybridized carbons (Fsp3) is 0.222. The van der Waals surface area contributed by atoms with E-state index in [-0.39, 0.29) is 5.15 Å². The Morgan fingerprint density at radius 1 is 1.50 bits per heavy atom. The van der Waals surface area contributed by atoms with Gasteiger partial charge in [-0.25, -0.2) is 4.79 Å². The molecule has 2 heterocycles. The number of carbonyl (C=O) groups is 1. The van der Waals surface area contributed by atoms with Crippen molar-refractivity contribution < 1.29 is 9.53 Å². The van der Waals surface area contributed by atoms with Crippen LogP contribution in [-0.2, 0) is 4.74 Å². The van der Waals surface area contributed by atoms with Gasteiger partial charge in [0, 0.05) is 10.9 Å². The minimum Gasteiger partial charge on any atom is -0.465 e. The number of thiophene rings is 1. The van der Waals surface area contributed by atoms with Crippen LogP contribution in [0.3, 0.4) is 0 Å². The van der Waals surface area contributed by atoms with Gasteiger partial charge >= 0.3 is 5.97 Å². The molecule has 0 fully saturated rings. The molecule has 0 aliphatic rings. The first kappa shape index (κ1) is 11.1. The number of esters is 1. The third-order valence-electron chi connectivity index (χ3n) is 2.21. The lowest BCUT2D eigenvalue weighted by molar-refractivity contribution is 0.0607. The summed E-state index contributed by atoms with van der Waals surface area (Å²) >= 11 is 6.99. The first-order valence-corrected chi connectivity index (χ1v) is 5.54. The van der Waals surface area contributed by atoms with Crippen molar-refractivity contribution in [2.24, 2.45) is 0 Å². The second kappa shape index (κ2) is 3.88. The third-order valence-corrected chi connectivity index (χ3v) is 3.64. The molecule has 0 aromatic carbocycles. The highest BCUT2D eigenvalue weighted by atomic mass is 35.5. The van der Waals surface area contributed by atoms with E-state index in [0.29, 0.717) is 20.8 Å². The molecule has 2 aromatic heterocycles. The molecule has 0 saturated heterocycles. The first-order chi connectivity index (χ1) is 7.56. The molecule has 0 amide bonds. The van der Waals surface area contributed by atoms with E-state index in [1.807, 2.05) is 0 Å². The molecule has 0 unspecified atom stereocenters. The summed E-state index contributed by atoms with van der Waals surface area (Å²) in [6.07, 6.45) is 0. The maximum Gasteiger partial charge on any atom is 0.350 e. The van der Waals surface area contributed by atoms with E-state index in [0.717, 1.165) is 16.9 Å². The number of aryl methyl sites for hydroxylation is 1. The molecule has 0 radical (unpaired) electrons. The molecule has 7 heteroatoms. The molecule has 0 aliphatic heterocycles. The number of carbonyl (C=O) groups excluding carboxylic acids is 1. The van der Waals surface area contributed by atoms with Gasteiger partial charge in [0.05, 0.1) is 12.8 Å². The number of anilines is 1. The van der Waals surface area contributed by atoms with Gasteiger partial charge in [0.15, 0.2) is 5.15 Å². The predicted octanol–water partition coefficient (Wildman–Crippen LogP) is 2.02. The van der Waals surface area contributed by atoms with Crippen molar-refractivity contribution in [2.75, 3.05) is 12.8 Å². The summed E-state index contributed by atoms with van der Waals surface area (Å²) in [7, 11) is 1.30. The number of nitrogen functional groups attached to an aromatic ring is 1. The van der Waals surface area contributed by atoms with E-state index in [1.165, 1.54) is 7.11 Å². The summed E-state index contributed by atoms with van der Waals surface area (Å²) in [5.41, 5.74) is 6.93. The number of nitrogens with zero attached hydrogens (tertiary/aromatic N) is 2. The van der Waals surface area contributed by atoms with Crippen LogP contribution in [0.4, 0.5) is 5.69 Å². The Morgan fingerprint density at radius 3 is 2.81 bits per heavy atom. The average Bonchev–Trinajstić information content (AvgIpc) is 2.61. The van der Waals surface area contributed by atoms with Crippen LogP contribution < -0.4 is 5.73 Å². The van der Waals surface area contributed by atoms with Crippen molar-refractivity contribution in [3.63, 3.8) is 0 Å². The molecule has 0 bridgehead atoms. The van der Waals surface area contributed by atoms with E-state index in [2.05, 4.69) is 14.9 Å². The second-order valence-corrected chi connectivity index (χ2v) is 4.49. The van der Waals surface area contributed by atoms with Crippen LogP contribution in [0.25, 0.3) is 10.2 Å². The van der Waals surface area contributed by atoms with Gasteiger partial charge < -0.3 is 10.5 Å². The number of aromatic nitrogens is 2. The van der Waals surface area contributed by atoms with Gasteiger partial charge in [0.2, 0.25) is 0 Å². The summed E-state index contributed by atoms with van der Waals surface area (Å²) < 4.78 is 4.63. The van der Waals surface area contributed by atoms with Crippen molar-refractivity contribution in [3.8, 4) is 0 Å². The van der Waals surface area contributed by atoms with Crippen molar-refractivity contribution in [3.05, 3.63) is 15.6 Å². The lowest BCUT2D eigenvalue weighted by Crippen LogP contribution is -2.01. The summed E-state index contributed by atoms with van der Waals surface area (Å²) in [5, 5.41) is 8.61. The Bertz CT molecular complexity index is 582. The second-order valence-electron chi connectivity index (χ2n) is 3.13. The molecule has 0 aliphatic carbocycles. The maximum absolute atomic E-state index is 11.4. The molecule has 2 aromatic rings. The summed E-state index contributed by atoms with van der Waals surface area (Å²) in [6, 6.07) is 0. The lowest BCUT2D eigenvalue weighted by Gasteiger charge is -1.99. The zero-order valence-corrected chi connectivity index (χ0v) is 10.1. The van der Waals surface area contributed by atoms with Crippen LogP contribution in [0.2, 0.25) is 5.15 Å². The van der Waals surface area contributed by atoms with Crippen molar-refractivity contribution in [1.29, 1.82) is 0 Å². The third kappa shape index (κ3) is 1.50. The zero-order valence-electron chi connectivity index (χ0n) is 8.57. The zero-order chi connectivity index (χ0) is 11.9. The Kier molecular flexibility index (Phi) is 2.69. The Morgan fingerprint density at radius 2 is 2.19 bits per heavy atom. The lowest BCUT2D eigenvalue weighted by atomic mass is 10.2. The summed E-state index contributed by atoms with van der Waals surface area (Å²) in [6.45, 7) is 1.78. The van der Waals surface area contributed by atoms with Crippen LogP contribution in [0.1, 0.15) is 15.2 Å². The smallest absolute Gasteiger partial charge is 0.350 e. The van der Waals surface area contributed by atoms with E-state index in [1.54, 1.807) is 6.92 Å². The van der Waals surface area contributed by atoms with Gasteiger partial charge in [-0.3, -0.25) is 0 Å². The number of nitrogens with two attached hydrogens (primary N) is 1. The SMILES string of the molecule is COC(=O)c1sc2nnc(Cl)c(C)c2c1N. The predicted molar refractivity (Wildman–Crippen MR) is 62.9 cm³/mol. The van der Waals surface area contributed by atoms with Gasteiger partial charge in [0.25, 0.3) is 0 Å². The minimum absolute atomic E-state index is 0.286. The van der Waals surface area contributed by atoms with Crippen molar-refractivity contribution in [2.45, 2.75) is 6.92 Å². The number of hydrogen-bond donors (Lipinski definition) is 1. The molecule has 84 valence electrons. The van der Waals surface area contributed by atoms with Crippen LogP contribution in [0.5, 0.6) is 0 Å². The molecular weight excluding hydrogens is 250 g/mol. The maximum atomic E-state index is 11.4. The topological polar surface area (TPSA) is 78.1 Å². The van der Waals surface area contributed by atoms with Crippen molar-refractivity contribution in [1.82, 2.24) is 10.2 Å². The minimum atomic E-state index is -0.476. The Balaban J connectivity index is 2.79. The van der Waals surface area contributed by atoms with Gasteiger partial charge in [0.1, 0.15) is 9.71 Å². The van der Waals surface area contributed by atoms with Gasteiger partial charge in [-0.15, -0.1) is 21.5 Å². The Labute approximate surface area is 100 Å². The van der Waals surface area contributed by atoms with E-state index < -0.39 is 5.97 Å². The fourth-order valence-corrected chi connectivity index (χ4v) is 2.53. The molecule has 0 spiro atoms. The molecule has 2 rings (SSSR count). The number of rotatable bonds is 1. The number of hydrogen-bond acceptors (Lipinski definition) is 6. The molecule has 0 atom stereocenters. The molecule has 16 heavy (non-hydrogen) atoms. The number of halogens is 1. The van der Waals surface area contributed by atoms with E-state index in [9.17, 15) is 4.79 Å². The monoisotopic (exact) mass is 257 g/mol. The highest BCUT2D eigenvalue weighted by molar-refractivity contribution is 7.21. The molecule has 2 N–H and O–H groups in total. The van der Waals surface area contributed by atoms with Gasteiger partial charge in [-0.05, 0) is 6.92 Å². The number of fused-ring (bicyclic) bond motifs is 1. The van der Waals surface area contributed by atoms with Gasteiger partial charge in [-0.1, -0.05) is 11.6 Å². The number of methoxy groups -OCH3 is 1. The Hall–Kier alpha value is -1.40. The highest BCUT2D eigenvalue weighted by Crippen LogP contribution is 2.36. The number of ether oxygens (including phenoxy) is 1.